The van der Waals surface area contributed by atoms with Crippen LogP contribution in [0.5, 0.6) is 5.75 Å². The van der Waals surface area contributed by atoms with Crippen LogP contribution >= 0.6 is 0 Å². The minimum atomic E-state index is -0.440. The van der Waals surface area contributed by atoms with Crippen molar-refractivity contribution in [1.29, 1.82) is 0 Å². The lowest BCUT2D eigenvalue weighted by molar-refractivity contribution is 0.0595. The van der Waals surface area contributed by atoms with Crippen LogP contribution in [-0.4, -0.2) is 13.1 Å². The SMILES string of the molecule is COC(=O)c1ccc(N)cc1OCc1ccc(C)c(C)c1. The molecule has 0 heterocycles. The fourth-order valence-electron chi connectivity index (χ4n) is 1.99. The van der Waals surface area contributed by atoms with Gasteiger partial charge in [0.1, 0.15) is 17.9 Å². The van der Waals surface area contributed by atoms with Crippen LogP contribution in [0.1, 0.15) is 27.0 Å². The molecule has 0 aliphatic heterocycles. The van der Waals surface area contributed by atoms with E-state index >= 15 is 0 Å². The summed E-state index contributed by atoms with van der Waals surface area (Å²) in [6.07, 6.45) is 0. The molecule has 2 N–H and O–H groups in total. The molecular formula is C17H19NO3. The Kier molecular flexibility index (Phi) is 4.48. The number of carbonyl (C=O) groups is 1. The average molecular weight is 285 g/mol. The lowest BCUT2D eigenvalue weighted by atomic mass is 10.1. The molecule has 0 amide bonds. The molecule has 2 aromatic rings. The first-order valence-electron chi connectivity index (χ1n) is 6.68. The molecule has 0 unspecified atom stereocenters. The van der Waals surface area contributed by atoms with Crippen LogP contribution in [0.25, 0.3) is 0 Å². The maximum Gasteiger partial charge on any atom is 0.341 e. The molecule has 21 heavy (non-hydrogen) atoms. The Morgan fingerprint density at radius 1 is 1.10 bits per heavy atom. The number of esters is 1. The standard InChI is InChI=1S/C17H19NO3/c1-11-4-5-13(8-12(11)2)10-21-16-9-14(18)6-7-15(16)17(19)20-3/h4-9H,10,18H2,1-3H3. The number of nitrogens with two attached hydrogens (primary N) is 1. The Balaban J connectivity index is 2.20. The van der Waals surface area contributed by atoms with Crippen molar-refractivity contribution >= 4 is 11.7 Å². The van der Waals surface area contributed by atoms with Gasteiger partial charge >= 0.3 is 5.97 Å². The lowest BCUT2D eigenvalue weighted by Crippen LogP contribution is -2.06. The molecule has 0 fully saturated rings. The van der Waals surface area contributed by atoms with Crippen molar-refractivity contribution in [2.75, 3.05) is 12.8 Å². The number of hydrogen-bond acceptors (Lipinski definition) is 4. The molecule has 0 saturated carbocycles. The fraction of sp³-hybridized carbons (Fsp3) is 0.235. The first-order valence-corrected chi connectivity index (χ1v) is 6.68. The van der Waals surface area contributed by atoms with Gasteiger partial charge < -0.3 is 15.2 Å². The first-order chi connectivity index (χ1) is 10.0. The van der Waals surface area contributed by atoms with E-state index in [0.717, 1.165) is 5.56 Å². The lowest BCUT2D eigenvalue weighted by Gasteiger charge is -2.12. The third-order valence-corrected chi connectivity index (χ3v) is 3.38. The highest BCUT2D eigenvalue weighted by Gasteiger charge is 2.13. The summed E-state index contributed by atoms with van der Waals surface area (Å²) in [5, 5.41) is 0. The molecule has 0 spiro atoms. The number of hydrogen-bond donors (Lipinski definition) is 1. The van der Waals surface area contributed by atoms with E-state index in [4.69, 9.17) is 15.2 Å². The number of benzene rings is 2. The van der Waals surface area contributed by atoms with Gasteiger partial charge in [-0.05, 0) is 42.7 Å². The van der Waals surface area contributed by atoms with Crippen LogP contribution in [0.2, 0.25) is 0 Å². The van der Waals surface area contributed by atoms with Crippen molar-refractivity contribution in [3.63, 3.8) is 0 Å². The highest BCUT2D eigenvalue weighted by molar-refractivity contribution is 5.93. The Morgan fingerprint density at radius 2 is 1.86 bits per heavy atom. The second kappa shape index (κ2) is 6.31. The summed E-state index contributed by atoms with van der Waals surface area (Å²) in [5.74, 6) is -0.00911. The Labute approximate surface area is 124 Å². The van der Waals surface area contributed by atoms with Crippen LogP contribution < -0.4 is 10.5 Å². The zero-order valence-corrected chi connectivity index (χ0v) is 12.5. The van der Waals surface area contributed by atoms with Gasteiger partial charge in [0.15, 0.2) is 0 Å². The molecule has 2 aromatic carbocycles. The molecule has 0 aliphatic carbocycles. The molecule has 0 atom stereocenters. The van der Waals surface area contributed by atoms with E-state index in [0.29, 0.717) is 23.6 Å². The van der Waals surface area contributed by atoms with Crippen LogP contribution in [0.15, 0.2) is 36.4 Å². The van der Waals surface area contributed by atoms with Crippen LogP contribution in [-0.2, 0) is 11.3 Å². The molecule has 2 rings (SSSR count). The van der Waals surface area contributed by atoms with Gasteiger partial charge in [-0.1, -0.05) is 18.2 Å². The third kappa shape index (κ3) is 3.54. The van der Waals surface area contributed by atoms with Crippen molar-refractivity contribution in [2.45, 2.75) is 20.5 Å². The number of ether oxygens (including phenoxy) is 2. The van der Waals surface area contributed by atoms with E-state index in [2.05, 4.69) is 26.0 Å². The molecule has 0 bridgehead atoms. The van der Waals surface area contributed by atoms with Gasteiger partial charge in [-0.25, -0.2) is 4.79 Å². The van der Waals surface area contributed by atoms with Crippen LogP contribution in [0, 0.1) is 13.8 Å². The highest BCUT2D eigenvalue weighted by Crippen LogP contribution is 2.24. The van der Waals surface area contributed by atoms with Crippen molar-refractivity contribution in [2.24, 2.45) is 0 Å². The van der Waals surface area contributed by atoms with E-state index in [-0.39, 0.29) is 0 Å². The van der Waals surface area contributed by atoms with E-state index in [9.17, 15) is 4.79 Å². The quantitative estimate of drug-likeness (QED) is 0.692. The molecule has 4 heteroatoms. The highest BCUT2D eigenvalue weighted by atomic mass is 16.5. The van der Waals surface area contributed by atoms with E-state index < -0.39 is 5.97 Å². The Morgan fingerprint density at radius 3 is 2.52 bits per heavy atom. The number of aryl methyl sites for hydroxylation is 2. The Bertz CT molecular complexity index is 665. The van der Waals surface area contributed by atoms with E-state index in [1.54, 1.807) is 18.2 Å². The van der Waals surface area contributed by atoms with Gasteiger partial charge in [-0.15, -0.1) is 0 Å². The molecule has 110 valence electrons. The zero-order valence-electron chi connectivity index (χ0n) is 12.5. The van der Waals surface area contributed by atoms with Gasteiger partial charge in [0.2, 0.25) is 0 Å². The second-order valence-electron chi connectivity index (χ2n) is 4.95. The minimum Gasteiger partial charge on any atom is -0.488 e. The number of anilines is 1. The molecular weight excluding hydrogens is 266 g/mol. The number of nitrogen functional groups attached to an aromatic ring is 1. The molecule has 0 radical (unpaired) electrons. The summed E-state index contributed by atoms with van der Waals surface area (Å²) in [5.41, 5.74) is 10.1. The normalized spacial score (nSPS) is 10.2. The maximum atomic E-state index is 11.7. The minimum absolute atomic E-state index is 0.370. The van der Waals surface area contributed by atoms with Crippen molar-refractivity contribution in [3.8, 4) is 5.75 Å². The summed E-state index contributed by atoms with van der Waals surface area (Å²) < 4.78 is 10.5. The fourth-order valence-corrected chi connectivity index (χ4v) is 1.99. The van der Waals surface area contributed by atoms with E-state index in [1.165, 1.54) is 18.2 Å². The average Bonchev–Trinajstić information content (AvgIpc) is 2.48. The van der Waals surface area contributed by atoms with Crippen molar-refractivity contribution in [1.82, 2.24) is 0 Å². The van der Waals surface area contributed by atoms with Gasteiger partial charge in [-0.2, -0.15) is 0 Å². The smallest absolute Gasteiger partial charge is 0.341 e. The second-order valence-corrected chi connectivity index (χ2v) is 4.95. The number of carbonyl (C=O) groups excluding carboxylic acids is 1. The monoisotopic (exact) mass is 285 g/mol. The predicted octanol–water partition coefficient (Wildman–Crippen LogP) is 3.25. The van der Waals surface area contributed by atoms with E-state index in [1.807, 2.05) is 6.07 Å². The molecule has 0 aliphatic rings. The summed E-state index contributed by atoms with van der Waals surface area (Å²) in [4.78, 5) is 11.7. The topological polar surface area (TPSA) is 61.5 Å². The summed E-state index contributed by atoms with van der Waals surface area (Å²) in [6, 6.07) is 11.0. The Hall–Kier alpha value is -2.49. The van der Waals surface area contributed by atoms with Crippen LogP contribution in [0.3, 0.4) is 0 Å². The largest absolute Gasteiger partial charge is 0.488 e. The van der Waals surface area contributed by atoms with Gasteiger partial charge in [-0.3, -0.25) is 0 Å². The van der Waals surface area contributed by atoms with Crippen molar-refractivity contribution in [3.05, 3.63) is 58.7 Å². The third-order valence-electron chi connectivity index (χ3n) is 3.38. The van der Waals surface area contributed by atoms with Crippen LogP contribution in [0.4, 0.5) is 5.69 Å². The summed E-state index contributed by atoms with van der Waals surface area (Å²) in [6.45, 7) is 4.49. The summed E-state index contributed by atoms with van der Waals surface area (Å²) >= 11 is 0. The van der Waals surface area contributed by atoms with Crippen molar-refractivity contribution < 1.29 is 14.3 Å². The first kappa shape index (κ1) is 14.9. The maximum absolute atomic E-state index is 11.7. The van der Waals surface area contributed by atoms with Gasteiger partial charge in [0.05, 0.1) is 7.11 Å². The zero-order chi connectivity index (χ0) is 15.4. The number of rotatable bonds is 4. The van der Waals surface area contributed by atoms with Gasteiger partial charge in [0.25, 0.3) is 0 Å². The molecule has 0 aromatic heterocycles. The molecule has 0 saturated heterocycles. The molecule has 4 nitrogen and oxygen atoms in total. The predicted molar refractivity (Wildman–Crippen MR) is 82.4 cm³/mol. The summed E-state index contributed by atoms with van der Waals surface area (Å²) in [7, 11) is 1.34. The van der Waals surface area contributed by atoms with Gasteiger partial charge in [0, 0.05) is 11.8 Å². The number of methoxy groups -OCH3 is 1.